The zero-order valence-electron chi connectivity index (χ0n) is 25.5. The Kier molecular flexibility index (Phi) is 10.2. The van der Waals surface area contributed by atoms with E-state index in [1.807, 2.05) is 57.2 Å². The van der Waals surface area contributed by atoms with E-state index in [4.69, 9.17) is 9.26 Å². The number of rotatable bonds is 11. The van der Waals surface area contributed by atoms with Gasteiger partial charge in [0, 0.05) is 43.4 Å². The van der Waals surface area contributed by atoms with Crippen LogP contribution in [0.25, 0.3) is 11.4 Å². The predicted molar refractivity (Wildman–Crippen MR) is 165 cm³/mol. The Morgan fingerprint density at radius 2 is 1.80 bits per heavy atom. The summed E-state index contributed by atoms with van der Waals surface area (Å²) in [7, 11) is 0. The molecule has 0 spiro atoms. The van der Waals surface area contributed by atoms with Crippen molar-refractivity contribution in [3.05, 3.63) is 94.4 Å². The van der Waals surface area contributed by atoms with Crippen molar-refractivity contribution in [3.8, 4) is 22.9 Å². The number of amides is 1. The number of hydrogen-bond acceptors (Lipinski definition) is 9. The standard InChI is InChI=1S/C33H36F2N6O4/c1-21(2)26-10-4-22(3)32(43)27(26)17-36-38-30(42)18-40-12-14-41(15-13-40)19-31-37-33(39-45-31)24-7-5-23(6-8-24)20-44-25-9-11-28(34)29(35)16-25/h4-11,16-17,21,43H,12-15,18-20H2,1-3H3,(H,38,42)/b36-17+. The number of phenolic OH excluding ortho intramolecular Hbond substituents is 1. The van der Waals surface area contributed by atoms with Crippen molar-refractivity contribution in [2.75, 3.05) is 32.7 Å². The molecule has 236 valence electrons. The highest BCUT2D eigenvalue weighted by Gasteiger charge is 2.21. The Hall–Kier alpha value is -4.68. The van der Waals surface area contributed by atoms with Crippen molar-refractivity contribution in [1.29, 1.82) is 0 Å². The van der Waals surface area contributed by atoms with Gasteiger partial charge in [-0.3, -0.25) is 14.6 Å². The smallest absolute Gasteiger partial charge is 0.254 e. The molecular formula is C33H36F2N6O4. The second kappa shape index (κ2) is 14.4. The van der Waals surface area contributed by atoms with Crippen molar-refractivity contribution in [3.63, 3.8) is 0 Å². The molecular weight excluding hydrogens is 582 g/mol. The summed E-state index contributed by atoms with van der Waals surface area (Å²) in [6.45, 7) is 9.67. The summed E-state index contributed by atoms with van der Waals surface area (Å²) >= 11 is 0. The van der Waals surface area contributed by atoms with Gasteiger partial charge in [-0.15, -0.1) is 0 Å². The molecule has 0 saturated carbocycles. The number of hydrogen-bond donors (Lipinski definition) is 2. The monoisotopic (exact) mass is 618 g/mol. The Labute approximate surface area is 260 Å². The summed E-state index contributed by atoms with van der Waals surface area (Å²) in [5, 5.41) is 18.7. The number of nitrogens with one attached hydrogen (secondary N) is 1. The number of halogens is 2. The van der Waals surface area contributed by atoms with Crippen LogP contribution in [0.3, 0.4) is 0 Å². The number of aryl methyl sites for hydroxylation is 1. The lowest BCUT2D eigenvalue weighted by Gasteiger charge is -2.33. The van der Waals surface area contributed by atoms with Crippen LogP contribution in [-0.2, 0) is 17.9 Å². The van der Waals surface area contributed by atoms with Gasteiger partial charge in [0.25, 0.3) is 5.91 Å². The Morgan fingerprint density at radius 1 is 1.07 bits per heavy atom. The fourth-order valence-corrected chi connectivity index (χ4v) is 5.00. The highest BCUT2D eigenvalue weighted by Crippen LogP contribution is 2.28. The van der Waals surface area contributed by atoms with Gasteiger partial charge in [0.05, 0.1) is 19.3 Å². The van der Waals surface area contributed by atoms with E-state index < -0.39 is 11.6 Å². The van der Waals surface area contributed by atoms with Gasteiger partial charge in [-0.1, -0.05) is 55.4 Å². The molecule has 45 heavy (non-hydrogen) atoms. The van der Waals surface area contributed by atoms with Crippen LogP contribution in [0.2, 0.25) is 0 Å². The quantitative estimate of drug-likeness (QED) is 0.178. The van der Waals surface area contributed by atoms with Crippen LogP contribution in [0.5, 0.6) is 11.5 Å². The molecule has 0 radical (unpaired) electrons. The van der Waals surface area contributed by atoms with Crippen LogP contribution in [0.1, 0.15) is 47.9 Å². The van der Waals surface area contributed by atoms with Gasteiger partial charge < -0.3 is 14.4 Å². The number of carbonyl (C=O) groups excluding carboxylic acids is 1. The molecule has 1 aliphatic heterocycles. The second-order valence-electron chi connectivity index (χ2n) is 11.3. The van der Waals surface area contributed by atoms with E-state index in [0.29, 0.717) is 36.9 Å². The molecule has 5 rings (SSSR count). The van der Waals surface area contributed by atoms with Crippen molar-refractivity contribution in [2.45, 2.75) is 39.8 Å². The number of benzene rings is 3. The minimum atomic E-state index is -0.955. The van der Waals surface area contributed by atoms with Gasteiger partial charge in [0.1, 0.15) is 18.1 Å². The first-order valence-corrected chi connectivity index (χ1v) is 14.7. The second-order valence-corrected chi connectivity index (χ2v) is 11.3. The first-order valence-electron chi connectivity index (χ1n) is 14.7. The first-order chi connectivity index (χ1) is 21.7. The number of carbonyl (C=O) groups is 1. The fourth-order valence-electron chi connectivity index (χ4n) is 5.00. The maximum absolute atomic E-state index is 13.4. The van der Waals surface area contributed by atoms with E-state index >= 15 is 0 Å². The molecule has 4 aromatic rings. The molecule has 0 unspecified atom stereocenters. The fraction of sp³-hybridized carbons (Fsp3) is 0.333. The van der Waals surface area contributed by atoms with E-state index in [0.717, 1.165) is 47.5 Å². The van der Waals surface area contributed by atoms with Crippen molar-refractivity contribution in [2.24, 2.45) is 5.10 Å². The molecule has 0 bridgehead atoms. The third kappa shape index (κ3) is 8.28. The van der Waals surface area contributed by atoms with Gasteiger partial charge in [-0.2, -0.15) is 10.1 Å². The zero-order valence-corrected chi connectivity index (χ0v) is 25.5. The molecule has 2 N–H and O–H groups in total. The summed E-state index contributed by atoms with van der Waals surface area (Å²) in [5.41, 5.74) is 6.53. The highest BCUT2D eigenvalue weighted by molar-refractivity contribution is 5.88. The van der Waals surface area contributed by atoms with E-state index in [2.05, 4.69) is 30.5 Å². The van der Waals surface area contributed by atoms with Gasteiger partial charge in [-0.25, -0.2) is 14.2 Å². The summed E-state index contributed by atoms with van der Waals surface area (Å²) in [4.78, 5) is 21.3. The maximum atomic E-state index is 13.4. The Morgan fingerprint density at radius 3 is 2.51 bits per heavy atom. The summed E-state index contributed by atoms with van der Waals surface area (Å²) < 4.78 is 37.5. The number of phenols is 1. The highest BCUT2D eigenvalue weighted by atomic mass is 19.2. The van der Waals surface area contributed by atoms with Crippen LogP contribution >= 0.6 is 0 Å². The molecule has 1 saturated heterocycles. The third-order valence-electron chi connectivity index (χ3n) is 7.63. The first kappa shape index (κ1) is 31.7. The van der Waals surface area contributed by atoms with E-state index in [9.17, 15) is 18.7 Å². The normalized spacial score (nSPS) is 14.4. The average Bonchev–Trinajstić information content (AvgIpc) is 3.49. The van der Waals surface area contributed by atoms with Gasteiger partial charge in [0.15, 0.2) is 11.6 Å². The van der Waals surface area contributed by atoms with Gasteiger partial charge in [-0.05, 0) is 41.7 Å². The largest absolute Gasteiger partial charge is 0.507 e. The molecule has 0 aliphatic carbocycles. The van der Waals surface area contributed by atoms with Crippen LogP contribution in [0.4, 0.5) is 8.78 Å². The number of piperazine rings is 1. The van der Waals surface area contributed by atoms with Crippen LogP contribution < -0.4 is 10.2 Å². The Balaban J connectivity index is 1.05. The lowest BCUT2D eigenvalue weighted by Crippen LogP contribution is -2.48. The molecule has 12 heteroatoms. The summed E-state index contributed by atoms with van der Waals surface area (Å²) in [6, 6.07) is 14.7. The third-order valence-corrected chi connectivity index (χ3v) is 7.63. The zero-order chi connectivity index (χ0) is 31.9. The Bertz CT molecular complexity index is 1650. The van der Waals surface area contributed by atoms with Gasteiger partial charge in [0.2, 0.25) is 11.7 Å². The van der Waals surface area contributed by atoms with Crippen LogP contribution in [0, 0.1) is 18.6 Å². The predicted octanol–water partition coefficient (Wildman–Crippen LogP) is 5.00. The minimum Gasteiger partial charge on any atom is -0.507 e. The van der Waals surface area contributed by atoms with Crippen molar-refractivity contribution >= 4 is 12.1 Å². The molecule has 1 aromatic heterocycles. The van der Waals surface area contributed by atoms with Crippen LogP contribution in [0.15, 0.2) is 64.2 Å². The number of nitrogens with zero attached hydrogens (tertiary/aromatic N) is 5. The SMILES string of the molecule is Cc1ccc(C(C)C)c(/C=N/NC(=O)CN2CCN(Cc3nc(-c4ccc(COc5ccc(F)c(F)c5)cc4)no3)CC2)c1O. The number of ether oxygens (including phenoxy) is 1. The molecule has 3 aromatic carbocycles. The molecule has 0 atom stereocenters. The molecule has 1 amide bonds. The topological polar surface area (TPSA) is 116 Å². The summed E-state index contributed by atoms with van der Waals surface area (Å²) in [6.07, 6.45) is 1.51. The minimum absolute atomic E-state index is 0.173. The molecule has 1 fully saturated rings. The lowest BCUT2D eigenvalue weighted by molar-refractivity contribution is -0.122. The molecule has 10 nitrogen and oxygen atoms in total. The number of hydrazone groups is 1. The van der Waals surface area contributed by atoms with Gasteiger partial charge >= 0.3 is 0 Å². The van der Waals surface area contributed by atoms with Crippen molar-refractivity contribution in [1.82, 2.24) is 25.4 Å². The molecule has 2 heterocycles. The van der Waals surface area contributed by atoms with Crippen LogP contribution in [-0.4, -0.2) is 69.9 Å². The lowest BCUT2D eigenvalue weighted by atomic mass is 9.95. The number of aromatic hydroxyl groups is 1. The number of aromatic nitrogens is 2. The van der Waals surface area contributed by atoms with E-state index in [-0.39, 0.29) is 36.5 Å². The maximum Gasteiger partial charge on any atom is 0.254 e. The van der Waals surface area contributed by atoms with E-state index in [1.54, 1.807) is 0 Å². The average molecular weight is 619 g/mol. The summed E-state index contributed by atoms with van der Waals surface area (Å²) in [5.74, 6) is -0.513. The van der Waals surface area contributed by atoms with E-state index in [1.165, 1.54) is 12.3 Å². The van der Waals surface area contributed by atoms with Crippen molar-refractivity contribution < 1.29 is 27.9 Å². The molecule has 1 aliphatic rings.